The average Bonchev–Trinajstić information content (AvgIpc) is 2.37. The lowest BCUT2D eigenvalue weighted by atomic mass is 10.0. The normalized spacial score (nSPS) is 9.71. The number of aryl methyl sites for hydroxylation is 1. The number of hydrogen-bond acceptors (Lipinski definition) is 2. The Hall–Kier alpha value is -1.41. The molecule has 0 saturated carbocycles. The van der Waals surface area contributed by atoms with Gasteiger partial charge in [-0.2, -0.15) is 0 Å². The second-order valence-electron chi connectivity index (χ2n) is 3.39. The predicted molar refractivity (Wildman–Crippen MR) is 73.3 cm³/mol. The van der Waals surface area contributed by atoms with Gasteiger partial charge >= 0.3 is 0 Å². The van der Waals surface area contributed by atoms with E-state index in [0.29, 0.717) is 10.8 Å². The Kier molecular flexibility index (Phi) is 4.64. The highest BCUT2D eigenvalue weighted by molar-refractivity contribution is 6.37. The Morgan fingerprint density at radius 3 is 2.24 bits per heavy atom. The molecule has 0 radical (unpaired) electrons. The molecule has 0 bridgehead atoms. The lowest BCUT2D eigenvalue weighted by Crippen LogP contribution is -1.86. The second kappa shape index (κ2) is 5.78. The molecule has 17 heavy (non-hydrogen) atoms. The van der Waals surface area contributed by atoms with Gasteiger partial charge < -0.3 is 9.84 Å². The van der Waals surface area contributed by atoms with E-state index in [2.05, 4.69) is 0 Å². The van der Waals surface area contributed by atoms with Crippen molar-refractivity contribution in [2.75, 3.05) is 7.11 Å². The molecule has 0 aliphatic heterocycles. The monoisotopic (exact) mass is 252 g/mol. The quantitative estimate of drug-likeness (QED) is 0.807. The molecule has 2 aromatic rings. The molecule has 0 heterocycles. The van der Waals surface area contributed by atoms with Gasteiger partial charge in [-0.3, -0.25) is 0 Å². The first-order valence-electron chi connectivity index (χ1n) is 5.60. The molecule has 0 aromatic heterocycles. The van der Waals surface area contributed by atoms with Gasteiger partial charge in [-0.15, -0.1) is 0 Å². The van der Waals surface area contributed by atoms with Crippen molar-refractivity contribution in [2.45, 2.75) is 20.8 Å². The highest BCUT2D eigenvalue weighted by atomic mass is 35.5. The molecule has 92 valence electrons. The second-order valence-corrected chi connectivity index (χ2v) is 3.76. The van der Waals surface area contributed by atoms with Gasteiger partial charge in [-0.25, -0.2) is 0 Å². The first-order valence-corrected chi connectivity index (χ1v) is 5.97. The summed E-state index contributed by atoms with van der Waals surface area (Å²) < 4.78 is 5.13. The van der Waals surface area contributed by atoms with E-state index >= 15 is 0 Å². The van der Waals surface area contributed by atoms with E-state index in [0.717, 1.165) is 16.3 Å². The minimum absolute atomic E-state index is 0.281. The number of rotatable bonds is 1. The summed E-state index contributed by atoms with van der Waals surface area (Å²) in [6.07, 6.45) is 0. The maximum Gasteiger partial charge on any atom is 0.138 e. The van der Waals surface area contributed by atoms with Gasteiger partial charge in [0, 0.05) is 5.39 Å². The van der Waals surface area contributed by atoms with Gasteiger partial charge in [-0.1, -0.05) is 31.5 Å². The Morgan fingerprint density at radius 1 is 1.06 bits per heavy atom. The molecular formula is C14H17ClO2. The number of benzene rings is 2. The van der Waals surface area contributed by atoms with Crippen molar-refractivity contribution < 1.29 is 9.84 Å². The van der Waals surface area contributed by atoms with Crippen LogP contribution in [0, 0.1) is 6.92 Å². The van der Waals surface area contributed by atoms with Gasteiger partial charge in [0.15, 0.2) is 0 Å². The summed E-state index contributed by atoms with van der Waals surface area (Å²) in [6, 6.07) is 7.14. The van der Waals surface area contributed by atoms with Crippen molar-refractivity contribution in [1.29, 1.82) is 0 Å². The Labute approximate surface area is 107 Å². The van der Waals surface area contributed by atoms with E-state index in [1.807, 2.05) is 26.8 Å². The average molecular weight is 253 g/mol. The van der Waals surface area contributed by atoms with Crippen LogP contribution in [-0.4, -0.2) is 12.2 Å². The van der Waals surface area contributed by atoms with Crippen LogP contribution < -0.4 is 4.74 Å². The van der Waals surface area contributed by atoms with Crippen molar-refractivity contribution in [3.05, 3.63) is 34.9 Å². The molecule has 1 N–H and O–H groups in total. The topological polar surface area (TPSA) is 29.5 Å². The Morgan fingerprint density at radius 2 is 1.65 bits per heavy atom. The van der Waals surface area contributed by atoms with Crippen LogP contribution in [0.1, 0.15) is 19.4 Å². The fourth-order valence-electron chi connectivity index (χ4n) is 1.65. The Bertz CT molecular complexity index is 521. The van der Waals surface area contributed by atoms with Crippen molar-refractivity contribution in [2.24, 2.45) is 0 Å². The molecule has 2 rings (SSSR count). The number of ether oxygens (including phenoxy) is 1. The standard InChI is InChI=1S/C12H11ClO2.C2H6/c1-7-8-4-6-11(15-2)12(13)9(8)3-5-10(7)14;1-2/h3-6,14H,1-2H3;1-2H3. The lowest BCUT2D eigenvalue weighted by Gasteiger charge is -2.09. The molecule has 0 atom stereocenters. The third-order valence-corrected chi connectivity index (χ3v) is 2.95. The zero-order valence-electron chi connectivity index (χ0n) is 10.5. The molecule has 0 aliphatic carbocycles. The van der Waals surface area contributed by atoms with Crippen LogP contribution in [-0.2, 0) is 0 Å². The summed E-state index contributed by atoms with van der Waals surface area (Å²) in [7, 11) is 1.58. The predicted octanol–water partition coefficient (Wildman–Crippen LogP) is 4.54. The minimum atomic E-state index is 0.281. The highest BCUT2D eigenvalue weighted by Gasteiger charge is 2.09. The SMILES string of the molecule is CC.COc1ccc2c(C)c(O)ccc2c1Cl. The van der Waals surface area contributed by atoms with Gasteiger partial charge in [0.2, 0.25) is 0 Å². The van der Waals surface area contributed by atoms with Gasteiger partial charge in [0.25, 0.3) is 0 Å². The van der Waals surface area contributed by atoms with Crippen molar-refractivity contribution in [3.63, 3.8) is 0 Å². The zero-order chi connectivity index (χ0) is 13.0. The molecule has 2 aromatic carbocycles. The summed E-state index contributed by atoms with van der Waals surface area (Å²) in [5, 5.41) is 12.0. The van der Waals surface area contributed by atoms with E-state index in [4.69, 9.17) is 16.3 Å². The number of aromatic hydroxyl groups is 1. The first kappa shape index (κ1) is 13.7. The zero-order valence-corrected chi connectivity index (χ0v) is 11.3. The summed E-state index contributed by atoms with van der Waals surface area (Å²) in [4.78, 5) is 0. The molecule has 2 nitrogen and oxygen atoms in total. The highest BCUT2D eigenvalue weighted by Crippen LogP contribution is 2.36. The number of phenolic OH excluding ortho intramolecular Hbond substituents is 1. The number of methoxy groups -OCH3 is 1. The molecular weight excluding hydrogens is 236 g/mol. The molecule has 0 saturated heterocycles. The summed E-state index contributed by atoms with van der Waals surface area (Å²) in [5.74, 6) is 0.929. The third-order valence-electron chi connectivity index (χ3n) is 2.56. The largest absolute Gasteiger partial charge is 0.508 e. The fourth-order valence-corrected chi connectivity index (χ4v) is 1.95. The Balaban J connectivity index is 0.000000686. The lowest BCUT2D eigenvalue weighted by molar-refractivity contribution is 0.415. The van der Waals surface area contributed by atoms with Crippen LogP contribution in [0.4, 0.5) is 0 Å². The molecule has 0 amide bonds. The van der Waals surface area contributed by atoms with Gasteiger partial charge in [0.1, 0.15) is 11.5 Å². The summed E-state index contributed by atoms with van der Waals surface area (Å²) >= 11 is 6.16. The molecule has 0 unspecified atom stereocenters. The van der Waals surface area contributed by atoms with Crippen LogP contribution in [0.25, 0.3) is 10.8 Å². The summed E-state index contributed by atoms with van der Waals surface area (Å²) in [5.41, 5.74) is 0.831. The van der Waals surface area contributed by atoms with Crippen LogP contribution in [0.3, 0.4) is 0 Å². The smallest absolute Gasteiger partial charge is 0.138 e. The fraction of sp³-hybridized carbons (Fsp3) is 0.286. The van der Waals surface area contributed by atoms with E-state index in [-0.39, 0.29) is 5.75 Å². The van der Waals surface area contributed by atoms with Gasteiger partial charge in [-0.05, 0) is 36.1 Å². The van der Waals surface area contributed by atoms with Gasteiger partial charge in [0.05, 0.1) is 12.1 Å². The van der Waals surface area contributed by atoms with E-state index < -0.39 is 0 Å². The minimum Gasteiger partial charge on any atom is -0.508 e. The number of fused-ring (bicyclic) bond motifs is 1. The van der Waals surface area contributed by atoms with Crippen molar-refractivity contribution >= 4 is 22.4 Å². The number of phenols is 1. The van der Waals surface area contributed by atoms with Crippen molar-refractivity contribution in [1.82, 2.24) is 0 Å². The van der Waals surface area contributed by atoms with Crippen LogP contribution in [0.15, 0.2) is 24.3 Å². The number of hydrogen-bond donors (Lipinski definition) is 1. The number of halogens is 1. The molecule has 0 fully saturated rings. The molecule has 3 heteroatoms. The molecule has 0 aliphatic rings. The molecule has 0 spiro atoms. The van der Waals surface area contributed by atoms with E-state index in [9.17, 15) is 5.11 Å². The van der Waals surface area contributed by atoms with Crippen LogP contribution in [0.2, 0.25) is 5.02 Å². The summed E-state index contributed by atoms with van der Waals surface area (Å²) in [6.45, 7) is 5.86. The maximum atomic E-state index is 9.56. The van der Waals surface area contributed by atoms with Crippen LogP contribution >= 0.6 is 11.6 Å². The van der Waals surface area contributed by atoms with E-state index in [1.165, 1.54) is 0 Å². The first-order chi connectivity index (χ1) is 8.15. The maximum absolute atomic E-state index is 9.56. The van der Waals surface area contributed by atoms with Crippen molar-refractivity contribution in [3.8, 4) is 11.5 Å². The van der Waals surface area contributed by atoms with Crippen LogP contribution in [0.5, 0.6) is 11.5 Å². The van der Waals surface area contributed by atoms with E-state index in [1.54, 1.807) is 25.3 Å². The third kappa shape index (κ3) is 2.47.